The van der Waals surface area contributed by atoms with E-state index < -0.39 is 0 Å². The molecule has 0 bridgehead atoms. The number of nitrogens with one attached hydrogen (secondary N) is 2. The molecule has 2 aromatic carbocycles. The molecule has 2 aliphatic rings. The monoisotopic (exact) mass is 393 g/mol. The van der Waals surface area contributed by atoms with Crippen LogP contribution in [0.1, 0.15) is 37.7 Å². The predicted molar refractivity (Wildman–Crippen MR) is 115 cm³/mol. The maximum Gasteiger partial charge on any atom is 0.224 e. The van der Waals surface area contributed by atoms with Crippen molar-refractivity contribution < 1.29 is 14.3 Å². The Bertz CT molecular complexity index is 891. The van der Waals surface area contributed by atoms with Crippen molar-refractivity contribution in [2.75, 3.05) is 35.2 Å². The molecule has 2 heterocycles. The van der Waals surface area contributed by atoms with Crippen molar-refractivity contribution >= 4 is 28.9 Å². The molecule has 1 saturated heterocycles. The Morgan fingerprint density at radius 1 is 1.10 bits per heavy atom. The summed E-state index contributed by atoms with van der Waals surface area (Å²) in [4.78, 5) is 26.1. The number of hydrogen-bond donors (Lipinski definition) is 2. The van der Waals surface area contributed by atoms with Crippen LogP contribution in [0.25, 0.3) is 0 Å². The van der Waals surface area contributed by atoms with E-state index in [0.717, 1.165) is 47.9 Å². The topological polar surface area (TPSA) is 70.7 Å². The molecular weight excluding hydrogens is 366 g/mol. The third kappa shape index (κ3) is 4.88. The van der Waals surface area contributed by atoms with Crippen LogP contribution in [0.2, 0.25) is 0 Å². The number of ether oxygens (including phenoxy) is 1. The molecule has 2 aromatic rings. The highest BCUT2D eigenvalue weighted by molar-refractivity contribution is 5.94. The lowest BCUT2D eigenvalue weighted by Gasteiger charge is -2.21. The fourth-order valence-corrected chi connectivity index (χ4v) is 3.90. The smallest absolute Gasteiger partial charge is 0.224 e. The number of fused-ring (bicyclic) bond motifs is 1. The van der Waals surface area contributed by atoms with Gasteiger partial charge in [-0.25, -0.2) is 0 Å². The van der Waals surface area contributed by atoms with Crippen molar-refractivity contribution in [2.45, 2.75) is 38.5 Å². The first-order valence-electron chi connectivity index (χ1n) is 10.4. The number of nitrogens with zero attached hydrogens (tertiary/aromatic N) is 1. The molecule has 0 aliphatic carbocycles. The van der Waals surface area contributed by atoms with Crippen LogP contribution >= 0.6 is 0 Å². The van der Waals surface area contributed by atoms with Gasteiger partial charge in [-0.05, 0) is 61.6 Å². The molecule has 6 nitrogen and oxygen atoms in total. The van der Waals surface area contributed by atoms with E-state index in [1.807, 2.05) is 36.4 Å². The second-order valence-corrected chi connectivity index (χ2v) is 7.58. The molecule has 0 radical (unpaired) electrons. The van der Waals surface area contributed by atoms with E-state index in [0.29, 0.717) is 25.9 Å². The summed E-state index contributed by atoms with van der Waals surface area (Å²) in [7, 11) is 0. The zero-order valence-corrected chi connectivity index (χ0v) is 16.6. The van der Waals surface area contributed by atoms with E-state index in [4.69, 9.17) is 4.74 Å². The first-order valence-corrected chi connectivity index (χ1v) is 10.4. The molecule has 0 saturated carbocycles. The van der Waals surface area contributed by atoms with E-state index >= 15 is 0 Å². The van der Waals surface area contributed by atoms with Gasteiger partial charge >= 0.3 is 0 Å². The zero-order chi connectivity index (χ0) is 20.1. The molecule has 0 unspecified atom stereocenters. The number of anilines is 3. The van der Waals surface area contributed by atoms with Crippen LogP contribution in [0, 0.1) is 0 Å². The summed E-state index contributed by atoms with van der Waals surface area (Å²) in [5.41, 5.74) is 3.95. The molecule has 0 spiro atoms. The van der Waals surface area contributed by atoms with Gasteiger partial charge in [0.2, 0.25) is 11.8 Å². The predicted octanol–water partition coefficient (Wildman–Crippen LogP) is 3.97. The third-order valence-corrected chi connectivity index (χ3v) is 5.41. The minimum Gasteiger partial charge on any atom is -0.494 e. The average Bonchev–Trinajstić information content (AvgIpc) is 3.26. The van der Waals surface area contributed by atoms with Gasteiger partial charge in [0.1, 0.15) is 5.75 Å². The second kappa shape index (κ2) is 8.99. The van der Waals surface area contributed by atoms with Gasteiger partial charge in [0, 0.05) is 31.6 Å². The molecule has 6 heteroatoms. The molecule has 2 N–H and O–H groups in total. The SMILES string of the molecule is O=C1CCc2cc(OCCCC(=O)Nc3ccccc3N3CCCC3)ccc2N1. The van der Waals surface area contributed by atoms with Crippen LogP contribution < -0.4 is 20.3 Å². The first-order chi connectivity index (χ1) is 14.2. The number of rotatable bonds is 7. The minimum absolute atomic E-state index is 0.00778. The largest absolute Gasteiger partial charge is 0.494 e. The van der Waals surface area contributed by atoms with Crippen molar-refractivity contribution in [2.24, 2.45) is 0 Å². The molecular formula is C23H27N3O3. The Kier molecular flexibility index (Phi) is 5.98. The first kappa shape index (κ1) is 19.3. The second-order valence-electron chi connectivity index (χ2n) is 7.58. The molecule has 4 rings (SSSR count). The Hall–Kier alpha value is -3.02. The Labute approximate surface area is 171 Å². The molecule has 29 heavy (non-hydrogen) atoms. The number of carbonyl (C=O) groups excluding carboxylic acids is 2. The Morgan fingerprint density at radius 2 is 1.93 bits per heavy atom. The van der Waals surface area contributed by atoms with Gasteiger partial charge in [0.05, 0.1) is 18.0 Å². The van der Waals surface area contributed by atoms with Crippen molar-refractivity contribution in [1.82, 2.24) is 0 Å². The lowest BCUT2D eigenvalue weighted by molar-refractivity contribution is -0.117. The van der Waals surface area contributed by atoms with Gasteiger partial charge in [-0.1, -0.05) is 12.1 Å². The van der Waals surface area contributed by atoms with Crippen LogP contribution in [0.5, 0.6) is 5.75 Å². The quantitative estimate of drug-likeness (QED) is 0.699. The molecule has 0 aromatic heterocycles. The van der Waals surface area contributed by atoms with Gasteiger partial charge in [0.15, 0.2) is 0 Å². The molecule has 2 amide bonds. The third-order valence-electron chi connectivity index (χ3n) is 5.41. The molecule has 152 valence electrons. The number of carbonyl (C=O) groups is 2. The highest BCUT2D eigenvalue weighted by Crippen LogP contribution is 2.29. The maximum absolute atomic E-state index is 12.4. The number of para-hydroxylation sites is 2. The van der Waals surface area contributed by atoms with E-state index in [-0.39, 0.29) is 11.8 Å². The summed E-state index contributed by atoms with van der Waals surface area (Å²) in [5.74, 6) is 0.844. The Morgan fingerprint density at radius 3 is 2.79 bits per heavy atom. The lowest BCUT2D eigenvalue weighted by atomic mass is 10.0. The molecule has 0 atom stereocenters. The number of aryl methyl sites for hydroxylation is 1. The van der Waals surface area contributed by atoms with Gasteiger partial charge in [-0.15, -0.1) is 0 Å². The van der Waals surface area contributed by atoms with Gasteiger partial charge in [0.25, 0.3) is 0 Å². The summed E-state index contributed by atoms with van der Waals surface area (Å²) < 4.78 is 5.80. The van der Waals surface area contributed by atoms with E-state index in [1.54, 1.807) is 0 Å². The van der Waals surface area contributed by atoms with E-state index in [9.17, 15) is 9.59 Å². The van der Waals surface area contributed by atoms with Crippen LogP contribution in [0.4, 0.5) is 17.1 Å². The zero-order valence-electron chi connectivity index (χ0n) is 16.6. The van der Waals surface area contributed by atoms with Crippen molar-refractivity contribution in [1.29, 1.82) is 0 Å². The molecule has 2 aliphatic heterocycles. The molecule has 1 fully saturated rings. The average molecular weight is 393 g/mol. The Balaban J connectivity index is 1.24. The normalized spacial score (nSPS) is 15.6. The summed E-state index contributed by atoms with van der Waals surface area (Å²) in [5, 5.41) is 5.92. The number of amides is 2. The van der Waals surface area contributed by atoms with Crippen LogP contribution in [0.15, 0.2) is 42.5 Å². The maximum atomic E-state index is 12.4. The van der Waals surface area contributed by atoms with Crippen molar-refractivity contribution in [3.8, 4) is 5.75 Å². The van der Waals surface area contributed by atoms with E-state index in [1.165, 1.54) is 12.8 Å². The highest BCUT2D eigenvalue weighted by atomic mass is 16.5. The fourth-order valence-electron chi connectivity index (χ4n) is 3.90. The van der Waals surface area contributed by atoms with Gasteiger partial charge < -0.3 is 20.3 Å². The standard InChI is InChI=1S/C23H27N3O3/c27-22(25-20-6-1-2-7-21(20)26-13-3-4-14-26)8-5-15-29-18-10-11-19-17(16-18)9-12-23(28)24-19/h1-2,6-7,10-11,16H,3-5,8-9,12-15H2,(H,24,28)(H,25,27). The highest BCUT2D eigenvalue weighted by Gasteiger charge is 2.17. The lowest BCUT2D eigenvalue weighted by Crippen LogP contribution is -2.21. The summed E-state index contributed by atoms with van der Waals surface area (Å²) in [6.45, 7) is 2.57. The fraction of sp³-hybridized carbons (Fsp3) is 0.391. The van der Waals surface area contributed by atoms with E-state index in [2.05, 4.69) is 21.6 Å². The van der Waals surface area contributed by atoms with Gasteiger partial charge in [-0.3, -0.25) is 9.59 Å². The van der Waals surface area contributed by atoms with Crippen LogP contribution in [-0.2, 0) is 16.0 Å². The van der Waals surface area contributed by atoms with Crippen LogP contribution in [0.3, 0.4) is 0 Å². The van der Waals surface area contributed by atoms with Gasteiger partial charge in [-0.2, -0.15) is 0 Å². The summed E-state index contributed by atoms with van der Waals surface area (Å²) >= 11 is 0. The number of benzene rings is 2. The minimum atomic E-state index is 0.00778. The van der Waals surface area contributed by atoms with Crippen LogP contribution in [-0.4, -0.2) is 31.5 Å². The summed E-state index contributed by atoms with van der Waals surface area (Å²) in [6, 6.07) is 13.7. The van der Waals surface area contributed by atoms with Crippen molar-refractivity contribution in [3.63, 3.8) is 0 Å². The number of hydrogen-bond acceptors (Lipinski definition) is 4. The summed E-state index contributed by atoms with van der Waals surface area (Å²) in [6.07, 6.45) is 4.71. The van der Waals surface area contributed by atoms with Crippen molar-refractivity contribution in [3.05, 3.63) is 48.0 Å².